The van der Waals surface area contributed by atoms with Gasteiger partial charge in [-0.05, 0) is 41.5 Å². The van der Waals surface area contributed by atoms with Gasteiger partial charge in [0.15, 0.2) is 0 Å². The molecule has 0 saturated carbocycles. The maximum absolute atomic E-state index is 13.6. The summed E-state index contributed by atoms with van der Waals surface area (Å²) >= 11 is 0. The fourth-order valence-electron chi connectivity index (χ4n) is 4.13. The molecule has 0 unspecified atom stereocenters. The van der Waals surface area contributed by atoms with Crippen LogP contribution in [0.5, 0.6) is 0 Å². The smallest absolute Gasteiger partial charge is 0.278 e. The number of rotatable bonds is 5. The maximum atomic E-state index is 13.6. The summed E-state index contributed by atoms with van der Waals surface area (Å²) in [7, 11) is 0. The van der Waals surface area contributed by atoms with Crippen LogP contribution in [0.1, 0.15) is 11.1 Å². The van der Waals surface area contributed by atoms with Crippen molar-refractivity contribution in [1.82, 2.24) is 24.8 Å². The summed E-state index contributed by atoms with van der Waals surface area (Å²) in [6.07, 6.45) is 6.64. The fraction of sp³-hybridized carbons (Fsp3) is 0.208. The molecule has 8 nitrogen and oxygen atoms in total. The van der Waals surface area contributed by atoms with Gasteiger partial charge >= 0.3 is 0 Å². The third-order valence-corrected chi connectivity index (χ3v) is 5.80. The average Bonchev–Trinajstić information content (AvgIpc) is 3.11. The van der Waals surface area contributed by atoms with Crippen LogP contribution in [0.2, 0.25) is 0 Å². The first-order valence-corrected chi connectivity index (χ1v) is 10.6. The molecule has 1 aromatic carbocycles. The third-order valence-electron chi connectivity index (χ3n) is 5.80. The first-order chi connectivity index (χ1) is 16.1. The van der Waals surface area contributed by atoms with Crippen molar-refractivity contribution < 1.29 is 14.0 Å². The molecular weight excluding hydrogens is 423 g/mol. The lowest BCUT2D eigenvalue weighted by Crippen LogP contribution is -2.48. The van der Waals surface area contributed by atoms with Gasteiger partial charge < -0.3 is 9.80 Å². The molecule has 0 radical (unpaired) electrons. The van der Waals surface area contributed by atoms with Crippen LogP contribution in [-0.2, 0) is 16.1 Å². The molecule has 166 valence electrons. The summed E-state index contributed by atoms with van der Waals surface area (Å²) in [6, 6.07) is 11.0. The number of halogens is 1. The molecule has 0 bridgehead atoms. The van der Waals surface area contributed by atoms with Gasteiger partial charge in [0.05, 0.1) is 12.1 Å². The largest absolute Gasteiger partial charge is 0.363 e. The van der Waals surface area contributed by atoms with Gasteiger partial charge in [-0.1, -0.05) is 12.1 Å². The summed E-state index contributed by atoms with van der Waals surface area (Å²) < 4.78 is 13.6. The Kier molecular flexibility index (Phi) is 5.52. The molecule has 2 aromatic heterocycles. The third kappa shape index (κ3) is 4.05. The highest BCUT2D eigenvalue weighted by Gasteiger charge is 2.42. The molecule has 1 saturated heterocycles. The van der Waals surface area contributed by atoms with Crippen LogP contribution in [0.3, 0.4) is 0 Å². The number of anilines is 1. The molecule has 2 amide bonds. The molecule has 2 aliphatic heterocycles. The molecule has 3 aromatic rings. The lowest BCUT2D eigenvalue weighted by Gasteiger charge is -2.36. The van der Waals surface area contributed by atoms with Gasteiger partial charge in [0.2, 0.25) is 5.95 Å². The SMILES string of the molecule is O=C1C(c2ccc(F)cc2)=C(N2CCN(c3ncccn3)CC2)C(=O)N1Cc1ccncc1. The summed E-state index contributed by atoms with van der Waals surface area (Å²) in [5, 5.41) is 0. The second kappa shape index (κ2) is 8.78. The molecule has 5 rings (SSSR count). The van der Waals surface area contributed by atoms with Gasteiger partial charge in [-0.2, -0.15) is 0 Å². The van der Waals surface area contributed by atoms with Crippen LogP contribution in [0.4, 0.5) is 10.3 Å². The van der Waals surface area contributed by atoms with E-state index in [-0.39, 0.29) is 18.4 Å². The number of carbonyl (C=O) groups excluding carboxylic acids is 2. The normalized spacial score (nSPS) is 16.7. The number of benzene rings is 1. The zero-order chi connectivity index (χ0) is 22.8. The summed E-state index contributed by atoms with van der Waals surface area (Å²) in [6.45, 7) is 2.42. The van der Waals surface area contributed by atoms with E-state index in [1.165, 1.54) is 17.0 Å². The summed E-state index contributed by atoms with van der Waals surface area (Å²) in [4.78, 5) is 44.7. The number of hydrogen-bond acceptors (Lipinski definition) is 7. The van der Waals surface area contributed by atoms with Crippen LogP contribution >= 0.6 is 0 Å². The van der Waals surface area contributed by atoms with E-state index in [0.29, 0.717) is 49.0 Å². The predicted octanol–water partition coefficient (Wildman–Crippen LogP) is 2.11. The van der Waals surface area contributed by atoms with Gasteiger partial charge in [-0.25, -0.2) is 14.4 Å². The van der Waals surface area contributed by atoms with E-state index in [1.807, 2.05) is 9.80 Å². The second-order valence-corrected chi connectivity index (χ2v) is 7.81. The van der Waals surface area contributed by atoms with E-state index in [2.05, 4.69) is 15.0 Å². The zero-order valence-corrected chi connectivity index (χ0v) is 17.8. The number of nitrogens with zero attached hydrogens (tertiary/aromatic N) is 6. The topological polar surface area (TPSA) is 82.5 Å². The van der Waals surface area contributed by atoms with E-state index < -0.39 is 5.82 Å². The highest BCUT2D eigenvalue weighted by molar-refractivity contribution is 6.35. The van der Waals surface area contributed by atoms with Crippen LogP contribution < -0.4 is 4.90 Å². The number of pyridine rings is 1. The number of imide groups is 1. The molecule has 0 N–H and O–H groups in total. The van der Waals surface area contributed by atoms with Crippen LogP contribution in [0, 0.1) is 5.82 Å². The van der Waals surface area contributed by atoms with Gasteiger partial charge in [-0.3, -0.25) is 19.5 Å². The summed E-state index contributed by atoms with van der Waals surface area (Å²) in [5.74, 6) is -0.492. The Bertz CT molecular complexity index is 1190. The van der Waals surface area contributed by atoms with Crippen molar-refractivity contribution >= 4 is 23.3 Å². The first-order valence-electron chi connectivity index (χ1n) is 10.6. The predicted molar refractivity (Wildman–Crippen MR) is 119 cm³/mol. The van der Waals surface area contributed by atoms with Gasteiger partial charge in [0.1, 0.15) is 11.5 Å². The number of carbonyl (C=O) groups is 2. The van der Waals surface area contributed by atoms with Crippen molar-refractivity contribution in [2.45, 2.75) is 6.54 Å². The minimum atomic E-state index is -0.400. The van der Waals surface area contributed by atoms with E-state index in [1.54, 1.807) is 55.1 Å². The lowest BCUT2D eigenvalue weighted by atomic mass is 10.0. The number of piperazine rings is 1. The van der Waals surface area contributed by atoms with E-state index >= 15 is 0 Å². The number of hydrogen-bond donors (Lipinski definition) is 0. The minimum absolute atomic E-state index is 0.145. The van der Waals surface area contributed by atoms with Gasteiger partial charge in [0.25, 0.3) is 11.8 Å². The molecule has 0 spiro atoms. The van der Waals surface area contributed by atoms with E-state index in [4.69, 9.17) is 0 Å². The van der Waals surface area contributed by atoms with Gasteiger partial charge in [-0.15, -0.1) is 0 Å². The highest BCUT2D eigenvalue weighted by atomic mass is 19.1. The molecule has 9 heteroatoms. The standard InChI is InChI=1S/C24H21FN6O2/c25-19-4-2-18(3-5-19)20-21(23(33)31(22(20)32)16-17-6-10-26-11-7-17)29-12-14-30(15-13-29)24-27-8-1-9-28-24/h1-11H,12-16H2. The Hall–Kier alpha value is -4.14. The average molecular weight is 444 g/mol. The Morgan fingerprint density at radius 1 is 0.788 bits per heavy atom. The van der Waals surface area contributed by atoms with Crippen LogP contribution in [0.25, 0.3) is 5.57 Å². The van der Waals surface area contributed by atoms with Crippen molar-refractivity contribution in [2.75, 3.05) is 31.1 Å². The maximum Gasteiger partial charge on any atom is 0.278 e. The molecular formula is C24H21FN6O2. The Morgan fingerprint density at radius 3 is 2.09 bits per heavy atom. The molecule has 1 fully saturated rings. The Labute approximate surface area is 190 Å². The van der Waals surface area contributed by atoms with Crippen molar-refractivity contribution in [1.29, 1.82) is 0 Å². The zero-order valence-electron chi connectivity index (χ0n) is 17.8. The summed E-state index contributed by atoms with van der Waals surface area (Å²) in [5.41, 5.74) is 1.99. The minimum Gasteiger partial charge on any atom is -0.363 e. The van der Waals surface area contributed by atoms with Crippen LogP contribution in [0.15, 0.2) is 72.9 Å². The van der Waals surface area contributed by atoms with Crippen molar-refractivity contribution in [3.8, 4) is 0 Å². The van der Waals surface area contributed by atoms with Crippen molar-refractivity contribution in [3.63, 3.8) is 0 Å². The second-order valence-electron chi connectivity index (χ2n) is 7.81. The van der Waals surface area contributed by atoms with E-state index in [9.17, 15) is 14.0 Å². The Morgan fingerprint density at radius 2 is 1.42 bits per heavy atom. The number of amides is 2. The van der Waals surface area contributed by atoms with E-state index in [0.717, 1.165) is 5.56 Å². The fourth-order valence-corrected chi connectivity index (χ4v) is 4.13. The molecule has 2 aliphatic rings. The lowest BCUT2D eigenvalue weighted by molar-refractivity contribution is -0.138. The van der Waals surface area contributed by atoms with Gasteiger partial charge in [0, 0.05) is 51.0 Å². The highest BCUT2D eigenvalue weighted by Crippen LogP contribution is 2.33. The Balaban J connectivity index is 1.45. The first kappa shape index (κ1) is 20.7. The molecule has 0 atom stereocenters. The number of aromatic nitrogens is 3. The molecule has 4 heterocycles. The van der Waals surface area contributed by atoms with Crippen molar-refractivity contribution in [2.24, 2.45) is 0 Å². The van der Waals surface area contributed by atoms with Crippen molar-refractivity contribution in [3.05, 3.63) is 89.9 Å². The van der Waals surface area contributed by atoms with Crippen LogP contribution in [-0.4, -0.2) is 62.7 Å². The quantitative estimate of drug-likeness (QED) is 0.558. The molecule has 0 aliphatic carbocycles. The molecule has 33 heavy (non-hydrogen) atoms. The monoisotopic (exact) mass is 444 g/mol.